The van der Waals surface area contributed by atoms with Gasteiger partial charge in [0, 0.05) is 38.4 Å². The number of hydrogen-bond acceptors (Lipinski definition) is 3. The molecule has 3 rings (SSSR count). The van der Waals surface area contributed by atoms with E-state index in [1.165, 1.54) is 56.8 Å². The zero-order valence-electron chi connectivity index (χ0n) is 18.6. The van der Waals surface area contributed by atoms with Crippen molar-refractivity contribution >= 4 is 11.6 Å². The number of aryl methyl sites for hydroxylation is 1. The van der Waals surface area contributed by atoms with Gasteiger partial charge in [0.15, 0.2) is 5.96 Å². The molecule has 2 aromatic carbocycles. The van der Waals surface area contributed by atoms with Crippen molar-refractivity contribution in [3.63, 3.8) is 0 Å². The molecule has 162 valence electrons. The molecule has 0 bridgehead atoms. The molecule has 1 saturated heterocycles. The molecule has 1 heterocycles. The van der Waals surface area contributed by atoms with Crippen LogP contribution in [0.1, 0.15) is 30.9 Å². The smallest absolute Gasteiger partial charge is 0.196 e. The summed E-state index contributed by atoms with van der Waals surface area (Å²) in [4.78, 5) is 9.93. The van der Waals surface area contributed by atoms with E-state index in [2.05, 4.69) is 70.7 Å². The Morgan fingerprint density at radius 3 is 2.30 bits per heavy atom. The quantitative estimate of drug-likeness (QED) is 0.375. The van der Waals surface area contributed by atoms with Gasteiger partial charge in [-0.1, -0.05) is 55.0 Å². The lowest BCUT2D eigenvalue weighted by atomic mass is 10.1. The third kappa shape index (κ3) is 7.81. The lowest BCUT2D eigenvalue weighted by Crippen LogP contribution is -2.46. The van der Waals surface area contributed by atoms with E-state index < -0.39 is 0 Å². The van der Waals surface area contributed by atoms with Crippen molar-refractivity contribution in [3.8, 4) is 0 Å². The molecule has 0 radical (unpaired) electrons. The summed E-state index contributed by atoms with van der Waals surface area (Å²) in [6.07, 6.45) is 2.36. The van der Waals surface area contributed by atoms with Crippen LogP contribution in [0.2, 0.25) is 0 Å². The molecule has 30 heavy (non-hydrogen) atoms. The van der Waals surface area contributed by atoms with Crippen LogP contribution in [0.3, 0.4) is 0 Å². The minimum Gasteiger partial charge on any atom is -0.356 e. The summed E-state index contributed by atoms with van der Waals surface area (Å²) < 4.78 is 0. The van der Waals surface area contributed by atoms with Gasteiger partial charge < -0.3 is 20.4 Å². The maximum Gasteiger partial charge on any atom is 0.196 e. The summed E-state index contributed by atoms with van der Waals surface area (Å²) in [6, 6.07) is 18.8. The van der Waals surface area contributed by atoms with Gasteiger partial charge in [0.05, 0.1) is 6.54 Å². The summed E-state index contributed by atoms with van der Waals surface area (Å²) in [5.41, 5.74) is 3.56. The number of guanidine groups is 1. The third-order valence-electron chi connectivity index (χ3n) is 5.68. The number of para-hydroxylation sites is 1. The standard InChI is InChI=1S/C25H37N5/c1-3-29-17-19-30(20-18-29)16-8-7-15-26-25(28-24-9-5-4-6-10-24)27-21-23-13-11-22(2)12-14-23/h4-6,9-14H,3,7-8,15-21H2,1-2H3,(H2,26,27,28). The third-order valence-corrected chi connectivity index (χ3v) is 5.68. The van der Waals surface area contributed by atoms with Crippen LogP contribution in [-0.4, -0.2) is 61.6 Å². The molecule has 0 aromatic heterocycles. The number of piperazine rings is 1. The molecule has 1 aliphatic heterocycles. The molecule has 2 N–H and O–H groups in total. The summed E-state index contributed by atoms with van der Waals surface area (Å²) in [6.45, 7) is 13.2. The van der Waals surface area contributed by atoms with E-state index in [1.807, 2.05) is 18.2 Å². The molecule has 0 atom stereocenters. The monoisotopic (exact) mass is 407 g/mol. The van der Waals surface area contributed by atoms with E-state index in [0.29, 0.717) is 6.54 Å². The lowest BCUT2D eigenvalue weighted by Gasteiger charge is -2.34. The van der Waals surface area contributed by atoms with Crippen LogP contribution in [0.4, 0.5) is 5.69 Å². The van der Waals surface area contributed by atoms with Gasteiger partial charge >= 0.3 is 0 Å². The molecule has 5 nitrogen and oxygen atoms in total. The summed E-state index contributed by atoms with van der Waals surface area (Å²) in [5.74, 6) is 0.846. The van der Waals surface area contributed by atoms with Crippen molar-refractivity contribution in [2.24, 2.45) is 4.99 Å². The zero-order valence-corrected chi connectivity index (χ0v) is 18.6. The van der Waals surface area contributed by atoms with Crippen LogP contribution in [0.15, 0.2) is 59.6 Å². The minimum absolute atomic E-state index is 0.671. The Morgan fingerprint density at radius 2 is 1.60 bits per heavy atom. The highest BCUT2D eigenvalue weighted by atomic mass is 15.3. The number of aliphatic imine (C=N–C) groups is 1. The molecule has 5 heteroatoms. The minimum atomic E-state index is 0.671. The van der Waals surface area contributed by atoms with E-state index in [0.717, 1.165) is 24.6 Å². The van der Waals surface area contributed by atoms with Crippen molar-refractivity contribution in [2.75, 3.05) is 51.1 Å². The normalized spacial score (nSPS) is 15.9. The van der Waals surface area contributed by atoms with Crippen LogP contribution in [0.5, 0.6) is 0 Å². The van der Waals surface area contributed by atoms with Crippen molar-refractivity contribution in [2.45, 2.75) is 33.2 Å². The molecule has 2 aromatic rings. The molecule has 0 unspecified atom stereocenters. The molecule has 0 amide bonds. The molecular weight excluding hydrogens is 370 g/mol. The van der Waals surface area contributed by atoms with Crippen LogP contribution in [0, 0.1) is 6.92 Å². The largest absolute Gasteiger partial charge is 0.356 e. The zero-order chi connectivity index (χ0) is 21.0. The Hall–Kier alpha value is -2.37. The molecule has 1 aliphatic rings. The highest BCUT2D eigenvalue weighted by Crippen LogP contribution is 2.08. The van der Waals surface area contributed by atoms with Gasteiger partial charge in [0.2, 0.25) is 0 Å². The van der Waals surface area contributed by atoms with E-state index in [4.69, 9.17) is 4.99 Å². The SMILES string of the molecule is CCN1CCN(CCCCNC(=NCc2ccc(C)cc2)Nc2ccccc2)CC1. The number of nitrogens with zero attached hydrogens (tertiary/aromatic N) is 3. The summed E-state index contributed by atoms with van der Waals surface area (Å²) in [5, 5.41) is 6.95. The lowest BCUT2D eigenvalue weighted by molar-refractivity contribution is 0.136. The van der Waals surface area contributed by atoms with E-state index in [9.17, 15) is 0 Å². The maximum atomic E-state index is 4.80. The number of hydrogen-bond donors (Lipinski definition) is 2. The second-order valence-electron chi connectivity index (χ2n) is 8.05. The van der Waals surface area contributed by atoms with E-state index >= 15 is 0 Å². The number of rotatable bonds is 9. The summed E-state index contributed by atoms with van der Waals surface area (Å²) >= 11 is 0. The predicted octanol–water partition coefficient (Wildman–Crippen LogP) is 3.97. The van der Waals surface area contributed by atoms with E-state index in [1.54, 1.807) is 0 Å². The fourth-order valence-electron chi connectivity index (χ4n) is 3.66. The second-order valence-corrected chi connectivity index (χ2v) is 8.05. The van der Waals surface area contributed by atoms with Gasteiger partial charge in [0.1, 0.15) is 0 Å². The fourth-order valence-corrected chi connectivity index (χ4v) is 3.66. The first-order chi connectivity index (χ1) is 14.7. The molecule has 0 aliphatic carbocycles. The first-order valence-corrected chi connectivity index (χ1v) is 11.3. The maximum absolute atomic E-state index is 4.80. The first-order valence-electron chi connectivity index (χ1n) is 11.3. The van der Waals surface area contributed by atoms with E-state index in [-0.39, 0.29) is 0 Å². The fraction of sp³-hybridized carbons (Fsp3) is 0.480. The average molecular weight is 408 g/mol. The number of anilines is 1. The van der Waals surface area contributed by atoms with Gasteiger partial charge in [-0.05, 0) is 50.6 Å². The molecule has 0 spiro atoms. The Balaban J connectivity index is 1.44. The van der Waals surface area contributed by atoms with Gasteiger partial charge in [-0.15, -0.1) is 0 Å². The highest BCUT2D eigenvalue weighted by molar-refractivity contribution is 5.93. The first kappa shape index (κ1) is 22.3. The highest BCUT2D eigenvalue weighted by Gasteiger charge is 2.14. The van der Waals surface area contributed by atoms with Crippen LogP contribution in [0.25, 0.3) is 0 Å². The number of unbranched alkanes of at least 4 members (excludes halogenated alkanes) is 1. The molecule has 1 fully saturated rings. The molecule has 0 saturated carbocycles. The topological polar surface area (TPSA) is 42.9 Å². The number of likely N-dealkylation sites (N-methyl/N-ethyl adjacent to an activating group) is 1. The van der Waals surface area contributed by atoms with Gasteiger partial charge in [0.25, 0.3) is 0 Å². The Bertz CT molecular complexity index is 749. The van der Waals surface area contributed by atoms with Crippen molar-refractivity contribution in [3.05, 3.63) is 65.7 Å². The van der Waals surface area contributed by atoms with Gasteiger partial charge in [-0.2, -0.15) is 0 Å². The van der Waals surface area contributed by atoms with Crippen LogP contribution < -0.4 is 10.6 Å². The predicted molar refractivity (Wildman–Crippen MR) is 128 cm³/mol. The molecular formula is C25H37N5. The van der Waals surface area contributed by atoms with Crippen LogP contribution >= 0.6 is 0 Å². The Morgan fingerprint density at radius 1 is 0.900 bits per heavy atom. The Labute approximate surface area is 182 Å². The van der Waals surface area contributed by atoms with Gasteiger partial charge in [-0.3, -0.25) is 0 Å². The summed E-state index contributed by atoms with van der Waals surface area (Å²) in [7, 11) is 0. The Kier molecular flexibility index (Phi) is 9.19. The number of nitrogens with one attached hydrogen (secondary N) is 2. The van der Waals surface area contributed by atoms with Crippen molar-refractivity contribution in [1.29, 1.82) is 0 Å². The average Bonchev–Trinajstić information content (AvgIpc) is 2.79. The van der Waals surface area contributed by atoms with Crippen molar-refractivity contribution < 1.29 is 0 Å². The van der Waals surface area contributed by atoms with Crippen LogP contribution in [-0.2, 0) is 6.54 Å². The second kappa shape index (κ2) is 12.4. The number of benzene rings is 2. The van der Waals surface area contributed by atoms with Crippen molar-refractivity contribution in [1.82, 2.24) is 15.1 Å². The van der Waals surface area contributed by atoms with Gasteiger partial charge in [-0.25, -0.2) is 4.99 Å².